The molecular formula is C36H35FN6O3. The summed E-state index contributed by atoms with van der Waals surface area (Å²) >= 11 is 0. The Balaban J connectivity index is 1.09. The maximum Gasteiger partial charge on any atom is 0.411 e. The molecular weight excluding hydrogens is 583 g/mol. The Morgan fingerprint density at radius 1 is 1.11 bits per heavy atom. The minimum atomic E-state index is -0.992. The van der Waals surface area contributed by atoms with Crippen molar-refractivity contribution in [1.29, 1.82) is 5.26 Å². The zero-order valence-corrected chi connectivity index (χ0v) is 25.6. The van der Waals surface area contributed by atoms with E-state index in [1.54, 1.807) is 37.8 Å². The van der Waals surface area contributed by atoms with Crippen molar-refractivity contribution in [1.82, 2.24) is 20.4 Å². The molecule has 0 bridgehead atoms. The van der Waals surface area contributed by atoms with Crippen LogP contribution in [0.2, 0.25) is 0 Å². The maximum atomic E-state index is 14.6. The number of hydrazine groups is 1. The van der Waals surface area contributed by atoms with E-state index in [-0.39, 0.29) is 17.3 Å². The summed E-state index contributed by atoms with van der Waals surface area (Å²) in [4.78, 5) is 21.6. The Labute approximate surface area is 267 Å². The highest BCUT2D eigenvalue weighted by Crippen LogP contribution is 2.49. The summed E-state index contributed by atoms with van der Waals surface area (Å²) in [7, 11) is 1.55. The third-order valence-electron chi connectivity index (χ3n) is 9.57. The number of anilines is 1. The quantitative estimate of drug-likeness (QED) is 0.211. The molecule has 3 aromatic carbocycles. The average molecular weight is 619 g/mol. The van der Waals surface area contributed by atoms with Crippen LogP contribution >= 0.6 is 0 Å². The van der Waals surface area contributed by atoms with Gasteiger partial charge in [0.15, 0.2) is 5.75 Å². The molecule has 3 fully saturated rings. The van der Waals surface area contributed by atoms with Gasteiger partial charge in [-0.3, -0.25) is 4.90 Å². The predicted molar refractivity (Wildman–Crippen MR) is 171 cm³/mol. The third kappa shape index (κ3) is 6.04. The maximum absolute atomic E-state index is 14.6. The lowest BCUT2D eigenvalue weighted by molar-refractivity contribution is 0.185. The monoisotopic (exact) mass is 618 g/mol. The molecule has 1 aliphatic heterocycles. The van der Waals surface area contributed by atoms with Gasteiger partial charge < -0.3 is 9.84 Å². The molecule has 9 nitrogen and oxygen atoms in total. The lowest BCUT2D eigenvalue weighted by Gasteiger charge is -2.27. The number of carboxylic acid groups (broad SMARTS) is 1. The number of nitrogens with one attached hydrogen (secondary N) is 1. The Kier molecular flexibility index (Phi) is 7.89. The molecule has 234 valence electrons. The predicted octanol–water partition coefficient (Wildman–Crippen LogP) is 7.36. The van der Waals surface area contributed by atoms with Gasteiger partial charge in [0.1, 0.15) is 17.9 Å². The zero-order chi connectivity index (χ0) is 31.8. The van der Waals surface area contributed by atoms with Gasteiger partial charge in [0.25, 0.3) is 0 Å². The number of benzene rings is 3. The number of nitriles is 1. The molecule has 1 amide bonds. The first-order valence-corrected chi connectivity index (χ1v) is 15.7. The molecule has 2 unspecified atom stereocenters. The molecule has 2 heterocycles. The van der Waals surface area contributed by atoms with Crippen LogP contribution < -0.4 is 15.1 Å². The van der Waals surface area contributed by atoms with Crippen LogP contribution in [0.1, 0.15) is 72.7 Å². The van der Waals surface area contributed by atoms with Crippen molar-refractivity contribution in [3.05, 3.63) is 101 Å². The normalized spacial score (nSPS) is 20.9. The fourth-order valence-electron chi connectivity index (χ4n) is 7.04. The van der Waals surface area contributed by atoms with Gasteiger partial charge in [-0.2, -0.15) is 5.26 Å². The van der Waals surface area contributed by atoms with Gasteiger partial charge in [0.05, 0.1) is 23.5 Å². The van der Waals surface area contributed by atoms with Crippen LogP contribution in [0.15, 0.2) is 73.2 Å². The second kappa shape index (κ2) is 12.2. The van der Waals surface area contributed by atoms with E-state index in [2.05, 4.69) is 21.5 Å². The molecule has 1 aromatic heterocycles. The highest BCUT2D eigenvalue weighted by Gasteiger charge is 2.45. The van der Waals surface area contributed by atoms with Crippen molar-refractivity contribution in [2.24, 2.45) is 0 Å². The summed E-state index contributed by atoms with van der Waals surface area (Å²) < 4.78 is 21.2. The van der Waals surface area contributed by atoms with Crippen LogP contribution in [-0.2, 0) is 6.54 Å². The van der Waals surface area contributed by atoms with Crippen LogP contribution in [-0.4, -0.2) is 45.3 Å². The SMILES string of the molecule is CN(C(=O)O)c1cccc(CN2CCC3(CCC(c4ncncc4Oc4ccc(F)cc4-c4ccc(C#N)cc4C4CC4)C3)N2)c1. The van der Waals surface area contributed by atoms with Gasteiger partial charge in [-0.25, -0.2) is 29.6 Å². The first kappa shape index (κ1) is 29.8. The molecule has 2 atom stereocenters. The highest BCUT2D eigenvalue weighted by atomic mass is 19.1. The van der Waals surface area contributed by atoms with Crippen molar-refractivity contribution < 1.29 is 19.0 Å². The molecule has 1 saturated heterocycles. The van der Waals surface area contributed by atoms with E-state index >= 15 is 0 Å². The van der Waals surface area contributed by atoms with E-state index in [1.165, 1.54) is 17.0 Å². The van der Waals surface area contributed by atoms with E-state index in [0.717, 1.165) is 67.5 Å². The minimum Gasteiger partial charge on any atom is -0.465 e. The molecule has 4 aromatic rings. The topological polar surface area (TPSA) is 115 Å². The number of amides is 1. The summed E-state index contributed by atoms with van der Waals surface area (Å²) in [5.74, 6) is 1.25. The fourth-order valence-corrected chi connectivity index (χ4v) is 7.04. The Bertz CT molecular complexity index is 1840. The molecule has 10 heteroatoms. The van der Waals surface area contributed by atoms with Gasteiger partial charge in [0, 0.05) is 42.8 Å². The lowest BCUT2D eigenvalue weighted by atomic mass is 9.93. The summed E-state index contributed by atoms with van der Waals surface area (Å²) in [6, 6.07) is 20.0. The van der Waals surface area contributed by atoms with E-state index in [0.29, 0.717) is 40.8 Å². The highest BCUT2D eigenvalue weighted by molar-refractivity contribution is 5.85. The van der Waals surface area contributed by atoms with Crippen LogP contribution in [0.3, 0.4) is 0 Å². The second-order valence-electron chi connectivity index (χ2n) is 12.7. The molecule has 7 rings (SSSR count). The van der Waals surface area contributed by atoms with Crippen molar-refractivity contribution in [3.63, 3.8) is 0 Å². The van der Waals surface area contributed by atoms with Crippen molar-refractivity contribution in [2.75, 3.05) is 18.5 Å². The fraction of sp³-hybridized carbons (Fsp3) is 0.333. The van der Waals surface area contributed by atoms with Crippen LogP contribution in [0.4, 0.5) is 14.9 Å². The smallest absolute Gasteiger partial charge is 0.411 e. The van der Waals surface area contributed by atoms with Gasteiger partial charge in [-0.05, 0) is 104 Å². The van der Waals surface area contributed by atoms with E-state index in [9.17, 15) is 19.6 Å². The number of hydrogen-bond donors (Lipinski definition) is 2. The summed E-state index contributed by atoms with van der Waals surface area (Å²) in [6.45, 7) is 1.55. The third-order valence-corrected chi connectivity index (χ3v) is 9.57. The Morgan fingerprint density at radius 2 is 1.98 bits per heavy atom. The molecule has 2 saturated carbocycles. The number of carbonyl (C=O) groups is 1. The lowest BCUT2D eigenvalue weighted by Crippen LogP contribution is -2.43. The number of aromatic nitrogens is 2. The van der Waals surface area contributed by atoms with Crippen molar-refractivity contribution in [3.8, 4) is 28.7 Å². The van der Waals surface area contributed by atoms with Gasteiger partial charge in [0.2, 0.25) is 0 Å². The van der Waals surface area contributed by atoms with E-state index < -0.39 is 6.09 Å². The minimum absolute atomic E-state index is 0.0644. The van der Waals surface area contributed by atoms with Gasteiger partial charge in [-0.1, -0.05) is 18.2 Å². The standard InChI is InChI=1S/C36H35FN6O3/c1-42(35(44)45)28-4-2-3-24(15-28)21-43-14-13-36(41-43)12-11-26(18-36)34-33(20-39-22-40-34)46-32-10-8-27(37)17-31(32)29-9-5-23(19-38)16-30(29)25-6-7-25/h2-5,8-10,15-17,20,22,25-26,41H,6-7,11-14,18,21H2,1H3,(H,44,45). The largest absolute Gasteiger partial charge is 0.465 e. The van der Waals surface area contributed by atoms with Crippen molar-refractivity contribution in [2.45, 2.75) is 62.4 Å². The Morgan fingerprint density at radius 3 is 2.78 bits per heavy atom. The van der Waals surface area contributed by atoms with Crippen LogP contribution in [0.5, 0.6) is 11.5 Å². The van der Waals surface area contributed by atoms with E-state index in [4.69, 9.17) is 9.72 Å². The number of nitrogens with zero attached hydrogens (tertiary/aromatic N) is 5. The molecule has 1 spiro atoms. The number of halogens is 1. The molecule has 46 heavy (non-hydrogen) atoms. The number of hydrogen-bond acceptors (Lipinski definition) is 7. The van der Waals surface area contributed by atoms with Gasteiger partial charge in [-0.15, -0.1) is 0 Å². The number of rotatable bonds is 8. The van der Waals surface area contributed by atoms with E-state index in [1.807, 2.05) is 30.3 Å². The first-order chi connectivity index (χ1) is 22.3. The van der Waals surface area contributed by atoms with Gasteiger partial charge >= 0.3 is 6.09 Å². The molecule has 2 aliphatic carbocycles. The first-order valence-electron chi connectivity index (χ1n) is 15.7. The average Bonchev–Trinajstić information content (AvgIpc) is 3.73. The second-order valence-corrected chi connectivity index (χ2v) is 12.7. The van der Waals surface area contributed by atoms with Crippen LogP contribution in [0, 0.1) is 17.1 Å². The molecule has 2 N–H and O–H groups in total. The molecule has 0 radical (unpaired) electrons. The number of ether oxygens (including phenoxy) is 1. The molecule has 3 aliphatic rings. The summed E-state index contributed by atoms with van der Waals surface area (Å²) in [5.41, 5.74) is 9.41. The van der Waals surface area contributed by atoms with Crippen molar-refractivity contribution >= 4 is 11.8 Å². The summed E-state index contributed by atoms with van der Waals surface area (Å²) in [5, 5.41) is 21.1. The zero-order valence-electron chi connectivity index (χ0n) is 25.6. The Hall–Kier alpha value is -4.85. The summed E-state index contributed by atoms with van der Waals surface area (Å²) in [6.07, 6.45) is 8.15. The van der Waals surface area contributed by atoms with Crippen LogP contribution in [0.25, 0.3) is 11.1 Å².